The number of benzene rings is 2. The lowest BCUT2D eigenvalue weighted by Gasteiger charge is -2.18. The molecule has 1 aromatic heterocycles. The molecule has 0 saturated carbocycles. The van der Waals surface area contributed by atoms with Gasteiger partial charge in [-0.2, -0.15) is 4.31 Å². The summed E-state index contributed by atoms with van der Waals surface area (Å²) in [6.07, 6.45) is 0.868. The Morgan fingerprint density at radius 1 is 1.17 bits per heavy atom. The zero-order valence-corrected chi connectivity index (χ0v) is 18.4. The van der Waals surface area contributed by atoms with Crippen LogP contribution in [0.2, 0.25) is 5.02 Å². The van der Waals surface area contributed by atoms with E-state index in [1.807, 2.05) is 0 Å². The van der Waals surface area contributed by atoms with Gasteiger partial charge in [-0.1, -0.05) is 36.7 Å². The molecule has 0 atom stereocenters. The van der Waals surface area contributed by atoms with Gasteiger partial charge in [0, 0.05) is 36.8 Å². The first kappa shape index (κ1) is 22.2. The molecule has 3 rings (SSSR count). The van der Waals surface area contributed by atoms with Crippen LogP contribution >= 0.6 is 11.6 Å². The van der Waals surface area contributed by atoms with Gasteiger partial charge in [0.15, 0.2) is 0 Å². The van der Waals surface area contributed by atoms with E-state index in [0.29, 0.717) is 48.7 Å². The van der Waals surface area contributed by atoms with E-state index >= 15 is 0 Å². The Morgan fingerprint density at radius 3 is 2.63 bits per heavy atom. The van der Waals surface area contributed by atoms with E-state index in [2.05, 4.69) is 15.6 Å². The molecule has 2 aromatic carbocycles. The van der Waals surface area contributed by atoms with E-state index in [4.69, 9.17) is 11.6 Å². The van der Waals surface area contributed by atoms with Crippen molar-refractivity contribution < 1.29 is 13.2 Å². The summed E-state index contributed by atoms with van der Waals surface area (Å²) in [6.45, 7) is 4.90. The number of carbonyl (C=O) groups excluding carboxylic acids is 1. The number of rotatable bonds is 9. The second kappa shape index (κ2) is 9.55. The maximum atomic E-state index is 12.7. The quantitative estimate of drug-likeness (QED) is 0.539. The largest absolute Gasteiger partial charge is 0.326 e. The Bertz CT molecular complexity index is 1140. The lowest BCUT2D eigenvalue weighted by molar-refractivity contribution is -0.116. The van der Waals surface area contributed by atoms with Crippen molar-refractivity contribution in [3.8, 4) is 0 Å². The zero-order chi connectivity index (χ0) is 21.7. The first-order valence-electron chi connectivity index (χ1n) is 9.74. The molecule has 3 aromatic rings. The minimum Gasteiger partial charge on any atom is -0.326 e. The smallest absolute Gasteiger partial charge is 0.243 e. The molecule has 1 N–H and O–H groups in total. The van der Waals surface area contributed by atoms with E-state index in [1.54, 1.807) is 61.0 Å². The number of hydrogen-bond acceptors (Lipinski definition) is 5. The van der Waals surface area contributed by atoms with Gasteiger partial charge in [-0.05, 0) is 42.8 Å². The van der Waals surface area contributed by atoms with Crippen molar-refractivity contribution in [2.45, 2.75) is 38.1 Å². The summed E-state index contributed by atoms with van der Waals surface area (Å²) in [6, 6.07) is 11.8. The molecular formula is C20H24ClN5O3S. The monoisotopic (exact) mass is 449 g/mol. The van der Waals surface area contributed by atoms with Gasteiger partial charge in [0.25, 0.3) is 0 Å². The Labute approximate surface area is 180 Å². The number of nitrogens with one attached hydrogen (secondary N) is 1. The molecule has 1 heterocycles. The summed E-state index contributed by atoms with van der Waals surface area (Å²) in [5.41, 5.74) is 1.89. The fourth-order valence-corrected chi connectivity index (χ4v) is 4.84. The van der Waals surface area contributed by atoms with Crippen molar-refractivity contribution in [3.05, 3.63) is 47.5 Å². The van der Waals surface area contributed by atoms with Gasteiger partial charge >= 0.3 is 0 Å². The Kier molecular flexibility index (Phi) is 7.06. The summed E-state index contributed by atoms with van der Waals surface area (Å²) in [5, 5.41) is 11.6. The molecule has 0 bridgehead atoms. The second-order valence-corrected chi connectivity index (χ2v) is 9.09. The highest BCUT2D eigenvalue weighted by molar-refractivity contribution is 7.89. The first-order chi connectivity index (χ1) is 14.3. The zero-order valence-electron chi connectivity index (χ0n) is 16.9. The van der Waals surface area contributed by atoms with Gasteiger partial charge in [-0.25, -0.2) is 13.1 Å². The highest BCUT2D eigenvalue weighted by Crippen LogP contribution is 2.21. The molecule has 10 heteroatoms. The number of aryl methyl sites for hydroxylation is 1. The number of hydrogen-bond donors (Lipinski definition) is 1. The van der Waals surface area contributed by atoms with Crippen molar-refractivity contribution in [2.75, 3.05) is 18.4 Å². The molecule has 160 valence electrons. The standard InChI is InChI=1S/C20H24ClN5O3S/c1-3-25(4-2)30(28,29)17-10-11-19-18(14-17)23-24-26(19)12-6-9-20(27)22-16-8-5-7-15(21)13-16/h5,7-8,10-11,13-14H,3-4,6,9,12H2,1-2H3,(H,22,27). The maximum Gasteiger partial charge on any atom is 0.243 e. The number of carbonyl (C=O) groups is 1. The number of sulfonamides is 1. The molecule has 30 heavy (non-hydrogen) atoms. The van der Waals surface area contributed by atoms with Crippen molar-refractivity contribution in [1.82, 2.24) is 19.3 Å². The van der Waals surface area contributed by atoms with Crippen LogP contribution < -0.4 is 5.32 Å². The lowest BCUT2D eigenvalue weighted by atomic mass is 10.2. The molecule has 0 aliphatic rings. The van der Waals surface area contributed by atoms with Crippen LogP contribution in [0.4, 0.5) is 5.69 Å². The van der Waals surface area contributed by atoms with E-state index < -0.39 is 10.0 Å². The fraction of sp³-hybridized carbons (Fsp3) is 0.350. The number of anilines is 1. The third kappa shape index (κ3) is 4.97. The minimum atomic E-state index is -3.55. The van der Waals surface area contributed by atoms with Crippen molar-refractivity contribution >= 4 is 44.3 Å². The Balaban J connectivity index is 1.64. The number of fused-ring (bicyclic) bond motifs is 1. The summed E-state index contributed by atoms with van der Waals surface area (Å²) in [7, 11) is -3.55. The maximum absolute atomic E-state index is 12.7. The van der Waals surface area contributed by atoms with E-state index in [1.165, 1.54) is 4.31 Å². The predicted molar refractivity (Wildman–Crippen MR) is 117 cm³/mol. The highest BCUT2D eigenvalue weighted by atomic mass is 35.5. The Morgan fingerprint density at radius 2 is 1.93 bits per heavy atom. The van der Waals surface area contributed by atoms with Crippen molar-refractivity contribution in [3.63, 3.8) is 0 Å². The highest BCUT2D eigenvalue weighted by Gasteiger charge is 2.22. The molecule has 1 amide bonds. The Hall–Kier alpha value is -2.49. The van der Waals surface area contributed by atoms with Gasteiger partial charge in [0.2, 0.25) is 15.9 Å². The molecule has 0 fully saturated rings. The van der Waals surface area contributed by atoms with Crippen LogP contribution in [0.25, 0.3) is 11.0 Å². The predicted octanol–water partition coefficient (Wildman–Crippen LogP) is 3.53. The van der Waals surface area contributed by atoms with E-state index in [9.17, 15) is 13.2 Å². The van der Waals surface area contributed by atoms with Gasteiger partial charge < -0.3 is 5.32 Å². The average Bonchev–Trinajstić information content (AvgIpc) is 3.11. The molecule has 0 aliphatic carbocycles. The molecule has 0 unspecified atom stereocenters. The molecule has 0 aliphatic heterocycles. The number of aromatic nitrogens is 3. The van der Waals surface area contributed by atoms with Crippen LogP contribution in [0.1, 0.15) is 26.7 Å². The average molecular weight is 450 g/mol. The number of amides is 1. The van der Waals surface area contributed by atoms with Gasteiger partial charge in [-0.3, -0.25) is 4.79 Å². The number of nitrogens with zero attached hydrogens (tertiary/aromatic N) is 4. The van der Waals surface area contributed by atoms with Gasteiger partial charge in [-0.15, -0.1) is 5.10 Å². The van der Waals surface area contributed by atoms with Crippen LogP contribution in [-0.4, -0.2) is 46.7 Å². The molecule has 0 spiro atoms. The summed E-state index contributed by atoms with van der Waals surface area (Å²) < 4.78 is 28.4. The SMILES string of the molecule is CCN(CC)S(=O)(=O)c1ccc2c(c1)nnn2CCCC(=O)Nc1cccc(Cl)c1. The first-order valence-corrected chi connectivity index (χ1v) is 11.6. The second-order valence-electron chi connectivity index (χ2n) is 6.71. The molecule has 8 nitrogen and oxygen atoms in total. The van der Waals surface area contributed by atoms with Crippen molar-refractivity contribution in [2.24, 2.45) is 0 Å². The summed E-state index contributed by atoms with van der Waals surface area (Å²) >= 11 is 5.92. The van der Waals surface area contributed by atoms with Crippen molar-refractivity contribution in [1.29, 1.82) is 0 Å². The lowest BCUT2D eigenvalue weighted by Crippen LogP contribution is -2.30. The fourth-order valence-electron chi connectivity index (χ4n) is 3.17. The van der Waals surface area contributed by atoms with E-state index in [-0.39, 0.29) is 10.8 Å². The summed E-state index contributed by atoms with van der Waals surface area (Å²) in [4.78, 5) is 12.3. The topological polar surface area (TPSA) is 97.2 Å². The van der Waals surface area contributed by atoms with Crippen LogP contribution in [0, 0.1) is 0 Å². The molecule has 0 radical (unpaired) electrons. The summed E-state index contributed by atoms with van der Waals surface area (Å²) in [5.74, 6) is -0.116. The van der Waals surface area contributed by atoms with Gasteiger partial charge in [0.05, 0.1) is 10.4 Å². The van der Waals surface area contributed by atoms with Crippen LogP contribution in [-0.2, 0) is 21.4 Å². The normalized spacial score (nSPS) is 11.9. The molecular weight excluding hydrogens is 426 g/mol. The van der Waals surface area contributed by atoms with Crippen LogP contribution in [0.15, 0.2) is 47.4 Å². The molecule has 0 saturated heterocycles. The third-order valence-corrected chi connectivity index (χ3v) is 6.99. The van der Waals surface area contributed by atoms with E-state index in [0.717, 1.165) is 5.52 Å². The van der Waals surface area contributed by atoms with Crippen LogP contribution in [0.3, 0.4) is 0 Å². The van der Waals surface area contributed by atoms with Crippen LogP contribution in [0.5, 0.6) is 0 Å². The number of halogens is 1. The minimum absolute atomic E-state index is 0.116. The van der Waals surface area contributed by atoms with Gasteiger partial charge in [0.1, 0.15) is 5.52 Å². The third-order valence-electron chi connectivity index (χ3n) is 4.71.